The lowest BCUT2D eigenvalue weighted by Gasteiger charge is -2.17. The number of carbonyl (C=O) groups is 2. The fourth-order valence-electron chi connectivity index (χ4n) is 2.16. The van der Waals surface area contributed by atoms with Gasteiger partial charge in [-0.05, 0) is 17.7 Å². The average molecular weight is 331 g/mol. The summed E-state index contributed by atoms with van der Waals surface area (Å²) in [4.78, 5) is 24.2. The Morgan fingerprint density at radius 1 is 1.08 bits per heavy atom. The smallest absolute Gasteiger partial charge is 0.328 e. The van der Waals surface area contributed by atoms with Crippen molar-refractivity contribution >= 4 is 11.9 Å². The van der Waals surface area contributed by atoms with Crippen LogP contribution in [0.3, 0.4) is 0 Å². The van der Waals surface area contributed by atoms with Crippen molar-refractivity contribution in [1.82, 2.24) is 5.32 Å². The standard InChI is InChI=1S/C17H17NO6/c1-24-17(23)12(7-10-5-3-2-4-6-10)18-16(22)11-8-13(19)15(21)14(20)9-11/h2-6,8-9,12,19-21H,7H2,1H3,(H,18,22). The van der Waals surface area contributed by atoms with Crippen molar-refractivity contribution in [2.24, 2.45) is 0 Å². The number of phenols is 3. The number of hydrogen-bond donors (Lipinski definition) is 4. The minimum atomic E-state index is -0.942. The molecule has 24 heavy (non-hydrogen) atoms. The zero-order valence-corrected chi connectivity index (χ0v) is 12.9. The van der Waals surface area contributed by atoms with Gasteiger partial charge in [-0.3, -0.25) is 4.79 Å². The molecule has 1 unspecified atom stereocenters. The minimum Gasteiger partial charge on any atom is -0.504 e. The quantitative estimate of drug-likeness (QED) is 0.485. The molecule has 0 saturated carbocycles. The summed E-state index contributed by atoms with van der Waals surface area (Å²) >= 11 is 0. The summed E-state index contributed by atoms with van der Waals surface area (Å²) in [5.74, 6) is -3.33. The highest BCUT2D eigenvalue weighted by Gasteiger charge is 2.23. The summed E-state index contributed by atoms with van der Waals surface area (Å²) in [6.07, 6.45) is 0.218. The molecule has 0 spiro atoms. The van der Waals surface area contributed by atoms with Crippen LogP contribution >= 0.6 is 0 Å². The number of nitrogens with one attached hydrogen (secondary N) is 1. The largest absolute Gasteiger partial charge is 0.504 e. The van der Waals surface area contributed by atoms with Gasteiger partial charge in [0, 0.05) is 12.0 Å². The van der Waals surface area contributed by atoms with Crippen molar-refractivity contribution in [3.05, 3.63) is 53.6 Å². The normalized spacial score (nSPS) is 11.5. The predicted octanol–water partition coefficient (Wildman–Crippen LogP) is 1.32. The summed E-state index contributed by atoms with van der Waals surface area (Å²) in [5, 5.41) is 30.7. The third-order valence-corrected chi connectivity index (χ3v) is 3.41. The molecule has 0 fully saturated rings. The lowest BCUT2D eigenvalue weighted by atomic mass is 10.1. The predicted molar refractivity (Wildman–Crippen MR) is 84.9 cm³/mol. The Hall–Kier alpha value is -3.22. The van der Waals surface area contributed by atoms with Crippen molar-refractivity contribution in [3.8, 4) is 17.2 Å². The molecule has 0 aliphatic rings. The van der Waals surface area contributed by atoms with Crippen LogP contribution < -0.4 is 5.32 Å². The van der Waals surface area contributed by atoms with Gasteiger partial charge < -0.3 is 25.4 Å². The van der Waals surface area contributed by atoms with Gasteiger partial charge in [0.2, 0.25) is 0 Å². The van der Waals surface area contributed by atoms with Crippen LogP contribution in [0.25, 0.3) is 0 Å². The first-order valence-corrected chi connectivity index (χ1v) is 7.10. The Balaban J connectivity index is 2.20. The van der Waals surface area contributed by atoms with Gasteiger partial charge in [-0.1, -0.05) is 30.3 Å². The number of hydrogen-bond acceptors (Lipinski definition) is 6. The molecule has 2 rings (SSSR count). The monoisotopic (exact) mass is 331 g/mol. The fourth-order valence-corrected chi connectivity index (χ4v) is 2.16. The maximum atomic E-state index is 12.3. The van der Waals surface area contributed by atoms with Gasteiger partial charge in [-0.15, -0.1) is 0 Å². The van der Waals surface area contributed by atoms with E-state index in [0.29, 0.717) is 0 Å². The first kappa shape index (κ1) is 17.1. The van der Waals surface area contributed by atoms with E-state index >= 15 is 0 Å². The van der Waals surface area contributed by atoms with Crippen LogP contribution in [0.1, 0.15) is 15.9 Å². The van der Waals surface area contributed by atoms with Gasteiger partial charge in [-0.2, -0.15) is 0 Å². The highest BCUT2D eigenvalue weighted by molar-refractivity contribution is 5.97. The fraction of sp³-hybridized carbons (Fsp3) is 0.176. The van der Waals surface area contributed by atoms with Gasteiger partial charge in [-0.25, -0.2) is 4.79 Å². The molecular weight excluding hydrogens is 314 g/mol. The van der Waals surface area contributed by atoms with Crippen LogP contribution in [0.2, 0.25) is 0 Å². The van der Waals surface area contributed by atoms with E-state index in [9.17, 15) is 24.9 Å². The van der Waals surface area contributed by atoms with E-state index in [4.69, 9.17) is 4.74 Å². The number of carbonyl (C=O) groups excluding carboxylic acids is 2. The van der Waals surface area contributed by atoms with Crippen LogP contribution in [0.5, 0.6) is 17.2 Å². The second-order valence-corrected chi connectivity index (χ2v) is 5.10. The van der Waals surface area contributed by atoms with E-state index in [0.717, 1.165) is 17.7 Å². The molecule has 7 nitrogen and oxygen atoms in total. The van der Waals surface area contributed by atoms with Crippen LogP contribution in [-0.2, 0) is 16.0 Å². The highest BCUT2D eigenvalue weighted by atomic mass is 16.5. The molecule has 1 atom stereocenters. The molecule has 0 radical (unpaired) electrons. The van der Waals surface area contributed by atoms with E-state index in [1.165, 1.54) is 7.11 Å². The Morgan fingerprint density at radius 2 is 1.67 bits per heavy atom. The third-order valence-electron chi connectivity index (χ3n) is 3.41. The van der Waals surface area contributed by atoms with Gasteiger partial charge in [0.05, 0.1) is 7.11 Å². The van der Waals surface area contributed by atoms with Gasteiger partial charge >= 0.3 is 5.97 Å². The zero-order valence-electron chi connectivity index (χ0n) is 12.9. The summed E-state index contributed by atoms with van der Waals surface area (Å²) in [5.41, 5.74) is 0.717. The summed E-state index contributed by atoms with van der Waals surface area (Å²) in [7, 11) is 1.21. The molecule has 0 aromatic heterocycles. The van der Waals surface area contributed by atoms with E-state index in [2.05, 4.69) is 5.32 Å². The second-order valence-electron chi connectivity index (χ2n) is 5.10. The number of ether oxygens (including phenoxy) is 1. The average Bonchev–Trinajstić information content (AvgIpc) is 2.58. The van der Waals surface area contributed by atoms with E-state index in [1.54, 1.807) is 12.1 Å². The molecule has 0 saturated heterocycles. The van der Waals surface area contributed by atoms with E-state index in [1.807, 2.05) is 18.2 Å². The van der Waals surface area contributed by atoms with Crippen LogP contribution in [0, 0.1) is 0 Å². The Bertz CT molecular complexity index is 721. The number of amides is 1. The topological polar surface area (TPSA) is 116 Å². The van der Waals surface area contributed by atoms with Crippen molar-refractivity contribution in [1.29, 1.82) is 0 Å². The lowest BCUT2D eigenvalue weighted by Crippen LogP contribution is -2.43. The zero-order chi connectivity index (χ0) is 17.7. The summed E-state index contributed by atoms with van der Waals surface area (Å²) < 4.78 is 4.70. The molecule has 0 aliphatic heterocycles. The Labute approximate surface area is 138 Å². The SMILES string of the molecule is COC(=O)C(Cc1ccccc1)NC(=O)c1cc(O)c(O)c(O)c1. The molecule has 7 heteroatoms. The van der Waals surface area contributed by atoms with E-state index in [-0.39, 0.29) is 12.0 Å². The molecule has 0 bridgehead atoms. The van der Waals surface area contributed by atoms with Crippen molar-refractivity contribution in [3.63, 3.8) is 0 Å². The minimum absolute atomic E-state index is 0.107. The molecular formula is C17H17NO6. The van der Waals surface area contributed by atoms with Crippen molar-refractivity contribution < 1.29 is 29.6 Å². The number of benzene rings is 2. The van der Waals surface area contributed by atoms with Gasteiger partial charge in [0.25, 0.3) is 5.91 Å². The number of esters is 1. The van der Waals surface area contributed by atoms with Crippen LogP contribution in [0.15, 0.2) is 42.5 Å². The first-order valence-electron chi connectivity index (χ1n) is 7.10. The van der Waals surface area contributed by atoms with Crippen LogP contribution in [0.4, 0.5) is 0 Å². The van der Waals surface area contributed by atoms with Gasteiger partial charge in [0.1, 0.15) is 6.04 Å². The summed E-state index contributed by atoms with van der Waals surface area (Å²) in [6.45, 7) is 0. The number of aromatic hydroxyl groups is 3. The van der Waals surface area contributed by atoms with Gasteiger partial charge in [0.15, 0.2) is 17.2 Å². The Kier molecular flexibility index (Phi) is 5.26. The molecule has 2 aromatic rings. The molecule has 126 valence electrons. The summed E-state index contributed by atoms with van der Waals surface area (Å²) in [6, 6.07) is 10.1. The van der Waals surface area contributed by atoms with Crippen molar-refractivity contribution in [2.45, 2.75) is 12.5 Å². The number of methoxy groups -OCH3 is 1. The molecule has 2 aromatic carbocycles. The molecule has 0 aliphatic carbocycles. The molecule has 0 heterocycles. The molecule has 4 N–H and O–H groups in total. The highest BCUT2D eigenvalue weighted by Crippen LogP contribution is 2.35. The van der Waals surface area contributed by atoms with E-state index < -0.39 is 35.2 Å². The maximum absolute atomic E-state index is 12.3. The number of phenolic OH excluding ortho intramolecular Hbond substituents is 3. The molecule has 1 amide bonds. The van der Waals surface area contributed by atoms with Crippen molar-refractivity contribution in [2.75, 3.05) is 7.11 Å². The van der Waals surface area contributed by atoms with Crippen LogP contribution in [-0.4, -0.2) is 40.3 Å². The number of rotatable bonds is 5. The lowest BCUT2D eigenvalue weighted by molar-refractivity contribution is -0.142. The Morgan fingerprint density at radius 3 is 2.21 bits per heavy atom. The third kappa shape index (κ3) is 3.95. The first-order chi connectivity index (χ1) is 11.4. The maximum Gasteiger partial charge on any atom is 0.328 e. The second kappa shape index (κ2) is 7.36.